The molecule has 0 aromatic heterocycles. The third kappa shape index (κ3) is 6.15. The van der Waals surface area contributed by atoms with Crippen molar-refractivity contribution in [3.05, 3.63) is 0 Å². The third-order valence-electron chi connectivity index (χ3n) is 2.78. The van der Waals surface area contributed by atoms with Crippen LogP contribution >= 0.6 is 0 Å². The van der Waals surface area contributed by atoms with Crippen molar-refractivity contribution in [1.29, 1.82) is 0 Å². The van der Waals surface area contributed by atoms with Gasteiger partial charge in [0.15, 0.2) is 0 Å². The van der Waals surface area contributed by atoms with Gasteiger partial charge in [-0.2, -0.15) is 9.78 Å². The van der Waals surface area contributed by atoms with Crippen molar-refractivity contribution in [2.24, 2.45) is 5.41 Å². The van der Waals surface area contributed by atoms with Crippen LogP contribution in [0.3, 0.4) is 0 Å². The van der Waals surface area contributed by atoms with Crippen molar-refractivity contribution in [2.45, 2.75) is 72.9 Å². The maximum atomic E-state index is 11.6. The number of carbonyl (C=O) groups is 1. The van der Waals surface area contributed by atoms with Crippen LogP contribution in [0.5, 0.6) is 0 Å². The van der Waals surface area contributed by atoms with Gasteiger partial charge in [0.25, 0.3) is 0 Å². The van der Waals surface area contributed by atoms with E-state index in [0.29, 0.717) is 12.8 Å². The first-order valence-corrected chi connectivity index (χ1v) is 6.61. The van der Waals surface area contributed by atoms with Crippen LogP contribution in [0.2, 0.25) is 0 Å². The van der Waals surface area contributed by atoms with Gasteiger partial charge in [0, 0.05) is 12.8 Å². The molecule has 0 radical (unpaired) electrons. The van der Waals surface area contributed by atoms with Crippen molar-refractivity contribution < 1.29 is 34.5 Å². The smallest absolute Gasteiger partial charge is 0.295 e. The molecule has 1 N–H and O–H groups in total. The zero-order valence-electron chi connectivity index (χ0n) is 13.3. The van der Waals surface area contributed by atoms with E-state index in [-0.39, 0.29) is 0 Å². The average Bonchev–Trinajstić information content (AvgIpc) is 2.41. The molecule has 2 unspecified atom stereocenters. The minimum atomic E-state index is -1.33. The standard InChI is InChI=1S/C13H26O7/c1-8-12(6,17-15)19-20-13(7,9-2)18-16-10(14)11(3,4)5/h15H,8-9H2,1-7H3. The van der Waals surface area contributed by atoms with Crippen LogP contribution < -0.4 is 0 Å². The highest BCUT2D eigenvalue weighted by Gasteiger charge is 2.36. The lowest BCUT2D eigenvalue weighted by Gasteiger charge is -2.30. The first-order chi connectivity index (χ1) is 9.02. The van der Waals surface area contributed by atoms with Crippen LogP contribution in [-0.4, -0.2) is 22.8 Å². The summed E-state index contributed by atoms with van der Waals surface area (Å²) >= 11 is 0. The predicted octanol–water partition coefficient (Wildman–Crippen LogP) is 3.20. The molecular formula is C13H26O7. The molecule has 7 nitrogen and oxygen atoms in total. The minimum absolute atomic E-state index is 0.338. The highest BCUT2D eigenvalue weighted by atomic mass is 17.3. The van der Waals surface area contributed by atoms with Crippen molar-refractivity contribution in [3.63, 3.8) is 0 Å². The molecule has 0 aliphatic rings. The van der Waals surface area contributed by atoms with Gasteiger partial charge in [-0.25, -0.2) is 14.9 Å². The van der Waals surface area contributed by atoms with Gasteiger partial charge in [0.2, 0.25) is 11.6 Å². The van der Waals surface area contributed by atoms with Gasteiger partial charge in [-0.3, -0.25) is 4.89 Å². The quantitative estimate of drug-likeness (QED) is 0.418. The second kappa shape index (κ2) is 7.33. The number of carbonyl (C=O) groups excluding carboxylic acids is 1. The molecule has 0 saturated heterocycles. The topological polar surface area (TPSA) is 83.5 Å². The van der Waals surface area contributed by atoms with Crippen LogP contribution in [0.4, 0.5) is 0 Å². The fourth-order valence-electron chi connectivity index (χ4n) is 0.698. The molecule has 0 fully saturated rings. The van der Waals surface area contributed by atoms with Gasteiger partial charge in [-0.05, 0) is 34.6 Å². The molecule has 0 heterocycles. The monoisotopic (exact) mass is 294 g/mol. The maximum absolute atomic E-state index is 11.6. The first kappa shape index (κ1) is 19.3. The van der Waals surface area contributed by atoms with E-state index in [9.17, 15) is 4.79 Å². The highest BCUT2D eigenvalue weighted by molar-refractivity contribution is 5.74. The molecule has 20 heavy (non-hydrogen) atoms. The molecular weight excluding hydrogens is 268 g/mol. The van der Waals surface area contributed by atoms with Crippen molar-refractivity contribution >= 4 is 5.97 Å². The molecule has 0 rings (SSSR count). The summed E-state index contributed by atoms with van der Waals surface area (Å²) < 4.78 is 0. The van der Waals surface area contributed by atoms with Gasteiger partial charge in [0.1, 0.15) is 0 Å². The number of rotatable bonds is 8. The lowest BCUT2D eigenvalue weighted by atomic mass is 9.98. The van der Waals surface area contributed by atoms with Crippen LogP contribution in [-0.2, 0) is 29.2 Å². The fraction of sp³-hybridized carbons (Fsp3) is 0.923. The summed E-state index contributed by atoms with van der Waals surface area (Å²) in [5, 5.41) is 8.75. The first-order valence-electron chi connectivity index (χ1n) is 6.61. The molecule has 2 atom stereocenters. The van der Waals surface area contributed by atoms with Crippen LogP contribution in [0.15, 0.2) is 0 Å². The van der Waals surface area contributed by atoms with Crippen LogP contribution in [0, 0.1) is 5.41 Å². The van der Waals surface area contributed by atoms with Gasteiger partial charge in [-0.15, -0.1) is 4.89 Å². The predicted molar refractivity (Wildman–Crippen MR) is 69.9 cm³/mol. The van der Waals surface area contributed by atoms with Gasteiger partial charge < -0.3 is 0 Å². The van der Waals surface area contributed by atoms with E-state index in [4.69, 9.17) is 24.8 Å². The molecule has 0 aliphatic heterocycles. The Hall–Kier alpha value is -0.730. The summed E-state index contributed by atoms with van der Waals surface area (Å²) in [5.41, 5.74) is -0.693. The normalized spacial score (nSPS) is 18.2. The summed E-state index contributed by atoms with van der Waals surface area (Å²) in [6.45, 7) is 11.6. The summed E-state index contributed by atoms with van der Waals surface area (Å²) in [6, 6.07) is 0. The Morgan fingerprint density at radius 2 is 1.35 bits per heavy atom. The van der Waals surface area contributed by atoms with E-state index < -0.39 is 23.0 Å². The Morgan fingerprint density at radius 3 is 1.70 bits per heavy atom. The van der Waals surface area contributed by atoms with Crippen molar-refractivity contribution in [3.8, 4) is 0 Å². The lowest BCUT2D eigenvalue weighted by Crippen LogP contribution is -2.40. The summed E-state index contributed by atoms with van der Waals surface area (Å²) in [7, 11) is 0. The zero-order valence-corrected chi connectivity index (χ0v) is 13.3. The van der Waals surface area contributed by atoms with Crippen LogP contribution in [0.1, 0.15) is 61.3 Å². The largest absolute Gasteiger partial charge is 0.347 e. The molecule has 0 aromatic rings. The molecule has 0 aromatic carbocycles. The van der Waals surface area contributed by atoms with E-state index in [0.717, 1.165) is 0 Å². The van der Waals surface area contributed by atoms with Gasteiger partial charge >= 0.3 is 5.97 Å². The Bertz CT molecular complexity index is 306. The molecule has 0 bridgehead atoms. The maximum Gasteiger partial charge on any atom is 0.347 e. The molecule has 0 saturated carbocycles. The molecule has 0 spiro atoms. The SMILES string of the molecule is CCC(C)(OO)OOC(C)(CC)OOC(=O)C(C)(C)C. The molecule has 120 valence electrons. The van der Waals surface area contributed by atoms with Gasteiger partial charge in [-0.1, -0.05) is 13.8 Å². The Balaban J connectivity index is 4.52. The Morgan fingerprint density at radius 1 is 0.900 bits per heavy atom. The van der Waals surface area contributed by atoms with Gasteiger partial charge in [0.05, 0.1) is 5.41 Å². The second-order valence-electron chi connectivity index (χ2n) is 5.94. The van der Waals surface area contributed by atoms with Crippen molar-refractivity contribution in [2.75, 3.05) is 0 Å². The van der Waals surface area contributed by atoms with E-state index in [1.807, 2.05) is 0 Å². The molecule has 7 heteroatoms. The lowest BCUT2D eigenvalue weighted by molar-refractivity contribution is -0.564. The zero-order chi connectivity index (χ0) is 16.0. The van der Waals surface area contributed by atoms with E-state index >= 15 is 0 Å². The minimum Gasteiger partial charge on any atom is -0.295 e. The second-order valence-corrected chi connectivity index (χ2v) is 5.94. The Kier molecular flexibility index (Phi) is 7.06. The highest BCUT2D eigenvalue weighted by Crippen LogP contribution is 2.25. The number of hydrogen-bond acceptors (Lipinski definition) is 7. The summed E-state index contributed by atoms with van der Waals surface area (Å²) in [5.74, 6) is -3.17. The van der Waals surface area contributed by atoms with E-state index in [2.05, 4.69) is 4.89 Å². The van der Waals surface area contributed by atoms with Crippen LogP contribution in [0.25, 0.3) is 0 Å². The summed E-state index contributed by atoms with van der Waals surface area (Å²) in [4.78, 5) is 35.7. The molecule has 0 amide bonds. The average molecular weight is 294 g/mol. The van der Waals surface area contributed by atoms with E-state index in [1.54, 1.807) is 34.6 Å². The molecule has 0 aliphatic carbocycles. The van der Waals surface area contributed by atoms with Crippen molar-refractivity contribution in [1.82, 2.24) is 0 Å². The van der Waals surface area contributed by atoms with E-state index in [1.165, 1.54) is 13.8 Å². The third-order valence-corrected chi connectivity index (χ3v) is 2.78. The Labute approximate surface area is 119 Å². The number of hydrogen-bond donors (Lipinski definition) is 1. The fourth-order valence-corrected chi connectivity index (χ4v) is 0.698. The summed E-state index contributed by atoms with van der Waals surface area (Å²) in [6.07, 6.45) is 0.681.